The maximum absolute atomic E-state index is 10.5. The van der Waals surface area contributed by atoms with Gasteiger partial charge in [-0.2, -0.15) is 0 Å². The van der Waals surface area contributed by atoms with Crippen molar-refractivity contribution in [3.63, 3.8) is 0 Å². The van der Waals surface area contributed by atoms with E-state index in [-0.39, 0.29) is 5.60 Å². The molecule has 2 aliphatic rings. The second kappa shape index (κ2) is 9.07. The number of allylic oxidation sites excluding steroid dienone is 4. The largest absolute Gasteiger partial charge is 0.507 e. The van der Waals surface area contributed by atoms with Gasteiger partial charge < -0.3 is 14.7 Å². The fourth-order valence-corrected chi connectivity index (χ4v) is 4.31. The predicted molar refractivity (Wildman–Crippen MR) is 119 cm³/mol. The summed E-state index contributed by atoms with van der Waals surface area (Å²) in [4.78, 5) is 2.36. The number of phenolic OH excluding ortho intramolecular Hbond substituents is 1. The molecule has 1 saturated heterocycles. The van der Waals surface area contributed by atoms with Gasteiger partial charge in [0.05, 0.1) is 0 Å². The molecule has 0 spiro atoms. The van der Waals surface area contributed by atoms with Crippen LogP contribution in [0.15, 0.2) is 35.4 Å². The molecule has 0 amide bonds. The minimum absolute atomic E-state index is 0.153. The predicted octanol–water partition coefficient (Wildman–Crippen LogP) is 6.55. The molecule has 0 aliphatic carbocycles. The summed E-state index contributed by atoms with van der Waals surface area (Å²) in [6.07, 6.45) is 13.3. The van der Waals surface area contributed by atoms with Crippen molar-refractivity contribution in [1.29, 1.82) is 0 Å². The molecule has 154 valence electrons. The Kier molecular flexibility index (Phi) is 6.74. The van der Waals surface area contributed by atoms with E-state index in [9.17, 15) is 5.11 Å². The summed E-state index contributed by atoms with van der Waals surface area (Å²) in [5.41, 5.74) is 4.79. The normalized spacial score (nSPS) is 22.0. The first-order valence-electron chi connectivity index (χ1n) is 11.0. The number of rotatable bonds is 7. The highest BCUT2D eigenvalue weighted by molar-refractivity contribution is 5.60. The molecule has 2 heterocycles. The summed E-state index contributed by atoms with van der Waals surface area (Å²) in [5, 5.41) is 10.5. The first-order valence-corrected chi connectivity index (χ1v) is 11.0. The average Bonchev–Trinajstić information content (AvgIpc) is 3.15. The zero-order valence-corrected chi connectivity index (χ0v) is 18.2. The van der Waals surface area contributed by atoms with E-state index < -0.39 is 0 Å². The van der Waals surface area contributed by atoms with Crippen molar-refractivity contribution in [2.75, 3.05) is 18.0 Å². The maximum atomic E-state index is 10.5. The molecule has 1 aromatic carbocycles. The van der Waals surface area contributed by atoms with Crippen LogP contribution in [-0.4, -0.2) is 23.8 Å². The highest BCUT2D eigenvalue weighted by Gasteiger charge is 2.33. The standard InChI is InChI=1S/C25H37NO2/c1-19(2)9-7-10-20(3)11-8-13-25(4)14-12-22-23(27)17-21(18-24(22)28-25)26-15-5-6-16-26/h9,11,17-18,27H,5-8,10,12-16H2,1-4H3/b20-11+. The molecule has 0 saturated carbocycles. The highest BCUT2D eigenvalue weighted by Crippen LogP contribution is 2.43. The van der Waals surface area contributed by atoms with Crippen LogP contribution in [0.5, 0.6) is 11.5 Å². The van der Waals surface area contributed by atoms with Gasteiger partial charge in [0.25, 0.3) is 0 Å². The van der Waals surface area contributed by atoms with E-state index in [0.29, 0.717) is 5.75 Å². The summed E-state index contributed by atoms with van der Waals surface area (Å²) < 4.78 is 6.47. The van der Waals surface area contributed by atoms with Crippen LogP contribution < -0.4 is 9.64 Å². The second-order valence-corrected chi connectivity index (χ2v) is 9.10. The van der Waals surface area contributed by atoms with Crippen molar-refractivity contribution in [1.82, 2.24) is 0 Å². The van der Waals surface area contributed by atoms with E-state index in [4.69, 9.17) is 4.74 Å². The fourth-order valence-electron chi connectivity index (χ4n) is 4.31. The molecule has 1 fully saturated rings. The molecule has 3 nitrogen and oxygen atoms in total. The molecule has 3 heteroatoms. The third kappa shape index (κ3) is 5.33. The number of hydrogen-bond acceptors (Lipinski definition) is 3. The fraction of sp³-hybridized carbons (Fsp3) is 0.600. The number of ether oxygens (including phenoxy) is 1. The van der Waals surface area contributed by atoms with E-state index in [2.05, 4.69) is 50.8 Å². The third-order valence-corrected chi connectivity index (χ3v) is 6.16. The van der Waals surface area contributed by atoms with Gasteiger partial charge in [-0.25, -0.2) is 0 Å². The van der Waals surface area contributed by atoms with Crippen LogP contribution in [0.2, 0.25) is 0 Å². The molecule has 28 heavy (non-hydrogen) atoms. The van der Waals surface area contributed by atoms with Crippen molar-refractivity contribution in [3.05, 3.63) is 41.0 Å². The Bertz CT molecular complexity index is 739. The molecule has 0 bridgehead atoms. The van der Waals surface area contributed by atoms with Gasteiger partial charge in [0.15, 0.2) is 0 Å². The molecule has 1 aromatic rings. The second-order valence-electron chi connectivity index (χ2n) is 9.10. The molecular weight excluding hydrogens is 346 g/mol. The van der Waals surface area contributed by atoms with Gasteiger partial charge in [-0.05, 0) is 79.1 Å². The van der Waals surface area contributed by atoms with Gasteiger partial charge >= 0.3 is 0 Å². The molecule has 1 N–H and O–H groups in total. The van der Waals surface area contributed by atoms with Crippen LogP contribution in [-0.2, 0) is 6.42 Å². The van der Waals surface area contributed by atoms with E-state index in [1.165, 1.54) is 24.0 Å². The van der Waals surface area contributed by atoms with Crippen LogP contribution in [0.1, 0.15) is 78.2 Å². The quantitative estimate of drug-likeness (QED) is 0.542. The summed E-state index contributed by atoms with van der Waals surface area (Å²) >= 11 is 0. The molecule has 0 aromatic heterocycles. The van der Waals surface area contributed by atoms with Crippen molar-refractivity contribution in [3.8, 4) is 11.5 Å². The van der Waals surface area contributed by atoms with Gasteiger partial charge in [-0.15, -0.1) is 0 Å². The van der Waals surface area contributed by atoms with Crippen molar-refractivity contribution in [2.24, 2.45) is 0 Å². The Morgan fingerprint density at radius 1 is 1.14 bits per heavy atom. The zero-order valence-electron chi connectivity index (χ0n) is 18.2. The Balaban J connectivity index is 1.62. The van der Waals surface area contributed by atoms with E-state index in [0.717, 1.165) is 68.6 Å². The Morgan fingerprint density at radius 3 is 2.61 bits per heavy atom. The van der Waals surface area contributed by atoms with E-state index in [1.807, 2.05) is 6.07 Å². The third-order valence-electron chi connectivity index (χ3n) is 6.16. The lowest BCUT2D eigenvalue weighted by atomic mass is 9.88. The SMILES string of the molecule is CC(C)=CCC/C(C)=C/CCC1(C)CCc2c(O)cc(N3CCCC3)cc2O1. The Morgan fingerprint density at radius 2 is 1.89 bits per heavy atom. The Hall–Kier alpha value is -1.90. The summed E-state index contributed by atoms with van der Waals surface area (Å²) in [7, 11) is 0. The number of benzene rings is 1. The Labute approximate surface area is 171 Å². The van der Waals surface area contributed by atoms with Crippen LogP contribution in [0, 0.1) is 0 Å². The highest BCUT2D eigenvalue weighted by atomic mass is 16.5. The minimum Gasteiger partial charge on any atom is -0.507 e. The average molecular weight is 384 g/mol. The number of anilines is 1. The molecule has 1 unspecified atom stereocenters. The van der Waals surface area contributed by atoms with Crippen molar-refractivity contribution in [2.45, 2.75) is 84.7 Å². The van der Waals surface area contributed by atoms with Crippen LogP contribution in [0.3, 0.4) is 0 Å². The lowest BCUT2D eigenvalue weighted by molar-refractivity contribution is 0.0564. The van der Waals surface area contributed by atoms with Crippen molar-refractivity contribution < 1.29 is 9.84 Å². The van der Waals surface area contributed by atoms with Crippen LogP contribution >= 0.6 is 0 Å². The van der Waals surface area contributed by atoms with Gasteiger partial charge in [-0.1, -0.05) is 23.3 Å². The summed E-state index contributed by atoms with van der Waals surface area (Å²) in [6.45, 7) is 10.9. The number of fused-ring (bicyclic) bond motifs is 1. The lowest BCUT2D eigenvalue weighted by Gasteiger charge is -2.36. The van der Waals surface area contributed by atoms with E-state index in [1.54, 1.807) is 0 Å². The first-order chi connectivity index (χ1) is 13.4. The molecule has 3 rings (SSSR count). The number of nitrogens with zero attached hydrogens (tertiary/aromatic N) is 1. The molecular formula is C25H37NO2. The maximum Gasteiger partial charge on any atom is 0.129 e. The zero-order chi connectivity index (χ0) is 20.1. The summed E-state index contributed by atoms with van der Waals surface area (Å²) in [5.74, 6) is 1.29. The van der Waals surface area contributed by atoms with Gasteiger partial charge in [0.1, 0.15) is 17.1 Å². The molecule has 1 atom stereocenters. The summed E-state index contributed by atoms with van der Waals surface area (Å²) in [6, 6.07) is 4.08. The van der Waals surface area contributed by atoms with Gasteiger partial charge in [0, 0.05) is 36.5 Å². The minimum atomic E-state index is -0.153. The number of hydrogen-bond donors (Lipinski definition) is 1. The monoisotopic (exact) mass is 383 g/mol. The molecule has 2 aliphatic heterocycles. The number of aromatic hydroxyl groups is 1. The van der Waals surface area contributed by atoms with E-state index >= 15 is 0 Å². The van der Waals surface area contributed by atoms with Gasteiger partial charge in [0.2, 0.25) is 0 Å². The van der Waals surface area contributed by atoms with Crippen LogP contribution in [0.25, 0.3) is 0 Å². The molecule has 0 radical (unpaired) electrons. The van der Waals surface area contributed by atoms with Crippen LogP contribution in [0.4, 0.5) is 5.69 Å². The van der Waals surface area contributed by atoms with Gasteiger partial charge in [-0.3, -0.25) is 0 Å². The number of phenols is 1. The smallest absolute Gasteiger partial charge is 0.129 e. The lowest BCUT2D eigenvalue weighted by Crippen LogP contribution is -2.36. The van der Waals surface area contributed by atoms with Crippen molar-refractivity contribution >= 4 is 5.69 Å². The topological polar surface area (TPSA) is 32.7 Å². The first kappa shape index (κ1) is 20.8.